The number of nitrogens with one attached hydrogen (secondary N) is 1. The molecule has 8 aromatic heterocycles. The molecule has 1 amide bonds. The van der Waals surface area contributed by atoms with Gasteiger partial charge in [0.2, 0.25) is 5.91 Å². The van der Waals surface area contributed by atoms with Gasteiger partial charge in [-0.25, -0.2) is 37.5 Å². The molecular formula is C117H133F4N9O16S. The van der Waals surface area contributed by atoms with E-state index in [1.54, 1.807) is 38.2 Å². The highest BCUT2D eigenvalue weighted by Gasteiger charge is 2.47. The Morgan fingerprint density at radius 1 is 0.408 bits per heavy atom. The van der Waals surface area contributed by atoms with Crippen LogP contribution in [0.3, 0.4) is 0 Å². The number of hydrogen-bond acceptors (Lipinski definition) is 21. The van der Waals surface area contributed by atoms with Crippen molar-refractivity contribution in [2.75, 3.05) is 25.6 Å². The molecule has 0 aliphatic carbocycles. The van der Waals surface area contributed by atoms with Gasteiger partial charge in [-0.3, -0.25) is 24.0 Å². The van der Waals surface area contributed by atoms with Crippen molar-refractivity contribution in [2.24, 2.45) is 0 Å². The maximum atomic E-state index is 15.2. The quantitative estimate of drug-likeness (QED) is 0.0225. The van der Waals surface area contributed by atoms with Crippen molar-refractivity contribution in [3.05, 3.63) is 298 Å². The van der Waals surface area contributed by atoms with E-state index < -0.39 is 28.2 Å². The number of fused-ring (bicyclic) bond motifs is 20. The van der Waals surface area contributed by atoms with Gasteiger partial charge in [0, 0.05) is 110 Å². The molecule has 0 bridgehead atoms. The van der Waals surface area contributed by atoms with Crippen LogP contribution in [0.5, 0.6) is 0 Å². The summed E-state index contributed by atoms with van der Waals surface area (Å²) in [5.74, 6) is 0.517. The minimum Gasteiger partial charge on any atom is -0.490 e. The Balaban J connectivity index is 0.000000134. The molecule has 16 heterocycles. The lowest BCUT2D eigenvalue weighted by molar-refractivity contribution is -0.127. The number of nitrogens with zero attached hydrogens (tertiary/aromatic N) is 8. The lowest BCUT2D eigenvalue weighted by atomic mass is 9.84. The van der Waals surface area contributed by atoms with Gasteiger partial charge >= 0.3 is 0 Å². The molecule has 0 saturated carbocycles. The topological polar surface area (TPSA) is 314 Å². The molecule has 8 aliphatic heterocycles. The number of ether oxygens (including phenoxy) is 7. The van der Waals surface area contributed by atoms with Crippen LogP contribution in [0.15, 0.2) is 135 Å². The van der Waals surface area contributed by atoms with Gasteiger partial charge in [-0.1, -0.05) is 74.8 Å². The van der Waals surface area contributed by atoms with Crippen LogP contribution in [0.4, 0.5) is 17.6 Å². The number of aromatic nitrogens is 8. The maximum absolute atomic E-state index is 15.2. The molecule has 4 aromatic carbocycles. The molecule has 5 N–H and O–H groups in total. The normalized spacial score (nSPS) is 18.2. The lowest BCUT2D eigenvalue weighted by Gasteiger charge is -2.35. The van der Waals surface area contributed by atoms with E-state index in [1.807, 2.05) is 119 Å². The summed E-state index contributed by atoms with van der Waals surface area (Å²) < 4.78 is 106. The highest BCUT2D eigenvalue weighted by Crippen LogP contribution is 2.50. The predicted molar refractivity (Wildman–Crippen MR) is 564 cm³/mol. The van der Waals surface area contributed by atoms with E-state index >= 15 is 4.39 Å². The summed E-state index contributed by atoms with van der Waals surface area (Å²) in [6, 6.07) is 19.2. The number of benzene rings is 4. The van der Waals surface area contributed by atoms with Gasteiger partial charge in [0.1, 0.15) is 102 Å². The second-order valence-corrected chi connectivity index (χ2v) is 42.6. The van der Waals surface area contributed by atoms with Gasteiger partial charge in [-0.2, -0.15) is 11.8 Å². The number of amides is 1. The molecule has 0 spiro atoms. The molecular weight excluding hydrogens is 1900 g/mol. The number of aliphatic hydroxyl groups is 4. The Morgan fingerprint density at radius 2 is 0.721 bits per heavy atom. The predicted octanol–water partition coefficient (Wildman–Crippen LogP) is 20.6. The van der Waals surface area contributed by atoms with Crippen LogP contribution in [-0.4, -0.2) is 114 Å². The number of carbonyl (C=O) groups excluding carboxylic acids is 1. The van der Waals surface area contributed by atoms with Crippen molar-refractivity contribution < 1.29 is 75.9 Å². The Labute approximate surface area is 857 Å². The molecule has 0 saturated heterocycles. The summed E-state index contributed by atoms with van der Waals surface area (Å²) in [6.45, 7) is 51.4. The van der Waals surface area contributed by atoms with E-state index in [4.69, 9.17) is 53.1 Å². The molecule has 0 radical (unpaired) electrons. The number of aryl methyl sites for hydroxylation is 4. The number of halogens is 4. The highest BCUT2D eigenvalue weighted by molar-refractivity contribution is 7.99. The van der Waals surface area contributed by atoms with Gasteiger partial charge in [-0.05, 0) is 263 Å². The fourth-order valence-corrected chi connectivity index (χ4v) is 22.8. The third-order valence-electron chi connectivity index (χ3n) is 30.7. The average molecular weight is 2030 g/mol. The van der Waals surface area contributed by atoms with Crippen LogP contribution in [0.2, 0.25) is 0 Å². The van der Waals surface area contributed by atoms with Crippen molar-refractivity contribution in [2.45, 2.75) is 313 Å². The monoisotopic (exact) mass is 2030 g/mol. The summed E-state index contributed by atoms with van der Waals surface area (Å²) in [5.41, 5.74) is 15.1. The van der Waals surface area contributed by atoms with Crippen molar-refractivity contribution >= 4 is 61.3 Å². The van der Waals surface area contributed by atoms with Crippen LogP contribution in [0, 0.1) is 51.0 Å². The van der Waals surface area contributed by atoms with E-state index in [1.165, 1.54) is 24.3 Å². The van der Waals surface area contributed by atoms with Gasteiger partial charge in [-0.15, -0.1) is 0 Å². The minimum atomic E-state index is -1.48. The molecule has 20 rings (SSSR count). The second kappa shape index (κ2) is 42.0. The van der Waals surface area contributed by atoms with Crippen molar-refractivity contribution in [1.82, 2.24) is 43.5 Å². The van der Waals surface area contributed by atoms with Crippen LogP contribution in [0.1, 0.15) is 271 Å². The first kappa shape index (κ1) is 106. The Bertz CT molecular complexity index is 7490. The zero-order chi connectivity index (χ0) is 106. The van der Waals surface area contributed by atoms with E-state index in [0.29, 0.717) is 209 Å². The molecule has 8 aliphatic rings. The third kappa shape index (κ3) is 19.2. The first-order valence-electron chi connectivity index (χ1n) is 51.5. The molecule has 0 unspecified atom stereocenters. The zero-order valence-corrected chi connectivity index (χ0v) is 88.1. The fourth-order valence-electron chi connectivity index (χ4n) is 22.0. The number of hydrogen-bond donors (Lipinski definition) is 5. The number of unbranched alkanes of at least 4 members (excludes halogenated alkanes) is 3. The molecule has 776 valence electrons. The Kier molecular flexibility index (Phi) is 30.3. The molecule has 25 nitrogen and oxygen atoms in total. The van der Waals surface area contributed by atoms with Crippen molar-refractivity contribution in [1.29, 1.82) is 0 Å². The van der Waals surface area contributed by atoms with Crippen molar-refractivity contribution in [3.8, 4) is 45.6 Å². The first-order chi connectivity index (χ1) is 70.0. The number of carbonyl (C=O) groups is 1. The van der Waals surface area contributed by atoms with Crippen LogP contribution < -0.4 is 27.6 Å². The van der Waals surface area contributed by atoms with Crippen LogP contribution in [0.25, 0.3) is 89.2 Å². The van der Waals surface area contributed by atoms with Gasteiger partial charge < -0.3 is 77.2 Å². The van der Waals surface area contributed by atoms with Gasteiger partial charge in [0.25, 0.3) is 22.2 Å². The Hall–Kier alpha value is -12.3. The Morgan fingerprint density at radius 3 is 1.07 bits per heavy atom. The smallest absolute Gasteiger partial charge is 0.258 e. The molecule has 0 fully saturated rings. The molecule has 12 aromatic rings. The van der Waals surface area contributed by atoms with Crippen molar-refractivity contribution in [3.63, 3.8) is 0 Å². The average Bonchev–Trinajstić information content (AvgIpc) is 1.58. The summed E-state index contributed by atoms with van der Waals surface area (Å²) >= 11 is 1.95. The molecule has 147 heavy (non-hydrogen) atoms. The summed E-state index contributed by atoms with van der Waals surface area (Å²) in [6.07, 6.45) is 10.2. The standard InChI is InChI=1S/C31H37FN2O4.C29H33FN2O4.C29H33FN2O3S.C28H30FN3O5/c1-7-20-22-15-34-27(13-24-23(30(34)35)16-38-19(6)31(24,36)8-2)29(22)33-26-14-25(32)18(5)21(28(20)26)11-9-10-12-37-17(3)4;1-6-29(34)18(5)36-15-22-23(29)12-26-27-19(14-32(26)28(22)33)11-21-20(9-7-8-10-35-16(2)3)17(4)24(30)13-25(21)31-27;1-6-29(34)18(5)35-15-22-23(29)12-26-27-19(14-32(26)28(22)33)11-21-20(9-7-8-10-36-16(2)3)17(4)24(30)13-25(21)31-27;1-6-28(35)16(5)37-12-20-21(28)8-24-26-17(11-32(24)27(20)34)7-18-19(10-30-25(33)13-36-14(2)3)15(4)22(29)9-23(18)31-26/h13-14,17,36H,6-12,15-16H2,1-5H3;2*11-13,16,34H,5-10,14-15H2,1-4H3;7-9,14,35H,5-6,10-13H2,1-4H3,(H,30,33)/t31-;2*29-;28-/m1111/s1. The summed E-state index contributed by atoms with van der Waals surface area (Å²) in [4.78, 5) is 85.7. The molecule has 30 heteroatoms. The summed E-state index contributed by atoms with van der Waals surface area (Å²) in [7, 11) is 0. The number of thioether (sulfide) groups is 1. The second-order valence-electron chi connectivity index (χ2n) is 40.9. The SMILES string of the molecule is C=C1OCc2c(cc3n(c2=O)Cc2c-3nc3cc(F)c(C)c(CCCCOC(C)C)c3c2CC)[C@@]1(O)CC.C=C1OCc2c(cc3n(c2=O)Cc2cc4c(CCCCOC(C)C)c(C)c(F)cc4nc2-3)[C@@]1(O)CC.C=C1OCc2c(cc3n(c2=O)Cc2cc4c(CCCCSC(C)C)c(C)c(F)cc4nc2-3)[C@@]1(O)CC.C=C1OCc2c(cc3n(c2=O)Cc2cc4c(CNC(=O)COC(C)C)c(C)c(F)cc4nc2-3)[C@@]1(O)CC. The van der Waals surface area contributed by atoms with E-state index in [9.17, 15) is 57.6 Å². The van der Waals surface area contributed by atoms with E-state index in [0.717, 1.165) is 131 Å². The third-order valence-corrected chi connectivity index (χ3v) is 31.9. The number of rotatable bonds is 28. The fraction of sp³-hybridized carbons (Fsp3) is 0.444. The lowest BCUT2D eigenvalue weighted by Crippen LogP contribution is -2.38. The van der Waals surface area contributed by atoms with Crippen LogP contribution in [-0.2, 0) is 145 Å². The first-order valence-corrected chi connectivity index (χ1v) is 52.5. The molecule has 4 atom stereocenters. The van der Waals surface area contributed by atoms with E-state index in [2.05, 4.69) is 64.5 Å². The summed E-state index contributed by atoms with van der Waals surface area (Å²) in [5, 5.41) is 52.2. The minimum absolute atomic E-state index is 0.0378. The van der Waals surface area contributed by atoms with Gasteiger partial charge in [0.05, 0.1) is 134 Å². The maximum Gasteiger partial charge on any atom is 0.258 e. The van der Waals surface area contributed by atoms with E-state index in [-0.39, 0.29) is 133 Å². The zero-order valence-electron chi connectivity index (χ0n) is 87.3. The number of pyridine rings is 8. The van der Waals surface area contributed by atoms with Crippen LogP contribution >= 0.6 is 11.8 Å². The van der Waals surface area contributed by atoms with Gasteiger partial charge in [0.15, 0.2) is 0 Å². The highest BCUT2D eigenvalue weighted by atomic mass is 32.2. The largest absolute Gasteiger partial charge is 0.490 e.